The molecule has 0 aliphatic carbocycles. The van der Waals surface area contributed by atoms with Crippen LogP contribution in [0.2, 0.25) is 0 Å². The Kier molecular flexibility index (Phi) is 5.02. The number of amides is 1. The molecule has 0 aliphatic heterocycles. The Morgan fingerprint density at radius 2 is 1.73 bits per heavy atom. The minimum absolute atomic E-state index is 0.0662. The summed E-state index contributed by atoms with van der Waals surface area (Å²) in [5.74, 6) is -2.17. The van der Waals surface area contributed by atoms with E-state index in [2.05, 4.69) is 10.3 Å². The van der Waals surface area contributed by atoms with Crippen molar-refractivity contribution in [3.05, 3.63) is 66.0 Å². The summed E-state index contributed by atoms with van der Waals surface area (Å²) in [6.45, 7) is 5.72. The molecule has 2 aromatic carbocycles. The molecule has 0 spiro atoms. The van der Waals surface area contributed by atoms with Crippen molar-refractivity contribution in [3.63, 3.8) is 0 Å². The number of carbonyl (C=O) groups excluding carboxylic acids is 1. The first kappa shape index (κ1) is 18.0. The van der Waals surface area contributed by atoms with Gasteiger partial charge in [-0.3, -0.25) is 4.79 Å². The summed E-state index contributed by atoms with van der Waals surface area (Å²) in [7, 11) is 0. The highest BCUT2D eigenvalue weighted by molar-refractivity contribution is 5.84. The van der Waals surface area contributed by atoms with Crippen LogP contribution in [0.5, 0.6) is 0 Å². The second-order valence-electron chi connectivity index (χ2n) is 6.74. The van der Waals surface area contributed by atoms with E-state index in [1.54, 1.807) is 4.57 Å². The molecule has 3 aromatic rings. The summed E-state index contributed by atoms with van der Waals surface area (Å²) < 4.78 is 28.7. The lowest BCUT2D eigenvalue weighted by Crippen LogP contribution is -2.36. The Labute approximate surface area is 150 Å². The number of aromatic nitrogens is 2. The molecule has 0 saturated heterocycles. The highest BCUT2D eigenvalue weighted by Crippen LogP contribution is 2.26. The smallest absolute Gasteiger partial charge is 0.243 e. The Hall–Kier alpha value is -2.76. The first-order chi connectivity index (χ1) is 12.4. The van der Waals surface area contributed by atoms with Crippen LogP contribution in [0.1, 0.15) is 38.4 Å². The van der Waals surface area contributed by atoms with Gasteiger partial charge in [0, 0.05) is 12.1 Å². The normalized spacial score (nSPS) is 13.8. The first-order valence-corrected chi connectivity index (χ1v) is 8.55. The van der Waals surface area contributed by atoms with Crippen molar-refractivity contribution in [2.75, 3.05) is 0 Å². The van der Waals surface area contributed by atoms with Crippen LogP contribution < -0.4 is 5.32 Å². The van der Waals surface area contributed by atoms with Crippen LogP contribution >= 0.6 is 0 Å². The van der Waals surface area contributed by atoms with Crippen molar-refractivity contribution in [2.45, 2.75) is 32.9 Å². The van der Waals surface area contributed by atoms with Gasteiger partial charge in [0.25, 0.3) is 0 Å². The molecular weight excluding hydrogens is 336 g/mol. The molecule has 0 bridgehead atoms. The number of rotatable bonds is 5. The molecule has 0 radical (unpaired) electrons. The monoisotopic (exact) mass is 357 g/mol. The van der Waals surface area contributed by atoms with Crippen LogP contribution in [0.15, 0.2) is 48.8 Å². The summed E-state index contributed by atoms with van der Waals surface area (Å²) in [5, 5.41) is 3.00. The number of benzene rings is 2. The number of fused-ring (bicyclic) bond motifs is 1. The molecule has 0 fully saturated rings. The van der Waals surface area contributed by atoms with Crippen molar-refractivity contribution >= 4 is 16.9 Å². The summed E-state index contributed by atoms with van der Waals surface area (Å²) in [6, 6.07) is 11.0. The van der Waals surface area contributed by atoms with E-state index in [0.29, 0.717) is 11.0 Å². The lowest BCUT2D eigenvalue weighted by Gasteiger charge is -2.25. The van der Waals surface area contributed by atoms with Crippen LogP contribution in [0, 0.1) is 17.6 Å². The summed E-state index contributed by atoms with van der Waals surface area (Å²) in [5.41, 5.74) is 1.70. The first-order valence-electron chi connectivity index (χ1n) is 8.55. The number of hydrogen-bond acceptors (Lipinski definition) is 2. The molecule has 1 aromatic heterocycles. The van der Waals surface area contributed by atoms with E-state index in [0.717, 1.165) is 17.7 Å². The minimum Gasteiger partial charge on any atom is -0.348 e. The predicted octanol–water partition coefficient (Wildman–Crippen LogP) is 4.39. The van der Waals surface area contributed by atoms with E-state index < -0.39 is 17.7 Å². The van der Waals surface area contributed by atoms with Crippen molar-refractivity contribution < 1.29 is 13.6 Å². The van der Waals surface area contributed by atoms with Gasteiger partial charge >= 0.3 is 0 Å². The number of hydrogen-bond donors (Lipinski definition) is 1. The summed E-state index contributed by atoms with van der Waals surface area (Å²) in [4.78, 5) is 17.1. The van der Waals surface area contributed by atoms with Gasteiger partial charge in [0.05, 0.1) is 23.4 Å². The predicted molar refractivity (Wildman–Crippen MR) is 96.5 cm³/mol. The van der Waals surface area contributed by atoms with E-state index in [1.807, 2.05) is 51.1 Å². The van der Waals surface area contributed by atoms with Crippen molar-refractivity contribution in [1.82, 2.24) is 14.9 Å². The quantitative estimate of drug-likeness (QED) is 0.736. The third-order valence-electron chi connectivity index (χ3n) is 4.47. The van der Waals surface area contributed by atoms with Gasteiger partial charge < -0.3 is 9.88 Å². The van der Waals surface area contributed by atoms with Crippen LogP contribution in [0.3, 0.4) is 0 Å². The molecule has 3 rings (SSSR count). The molecule has 2 atom stereocenters. The molecule has 0 aliphatic rings. The van der Waals surface area contributed by atoms with Crippen LogP contribution in [-0.4, -0.2) is 15.5 Å². The Balaban J connectivity index is 1.92. The maximum atomic E-state index is 13.7. The number of imidazole rings is 1. The fourth-order valence-corrected chi connectivity index (χ4v) is 3.12. The van der Waals surface area contributed by atoms with Gasteiger partial charge in [0.15, 0.2) is 11.6 Å². The maximum Gasteiger partial charge on any atom is 0.243 e. The second-order valence-corrected chi connectivity index (χ2v) is 6.74. The van der Waals surface area contributed by atoms with E-state index >= 15 is 0 Å². The molecular formula is C20H21F2N3O. The molecule has 0 unspecified atom stereocenters. The zero-order valence-electron chi connectivity index (χ0n) is 14.9. The molecule has 26 heavy (non-hydrogen) atoms. The molecule has 0 saturated carbocycles. The van der Waals surface area contributed by atoms with Gasteiger partial charge in [-0.15, -0.1) is 0 Å². The third kappa shape index (κ3) is 3.45. The van der Waals surface area contributed by atoms with Crippen LogP contribution in [0.4, 0.5) is 8.78 Å². The Morgan fingerprint density at radius 3 is 2.38 bits per heavy atom. The third-order valence-corrected chi connectivity index (χ3v) is 4.47. The van der Waals surface area contributed by atoms with E-state index in [4.69, 9.17) is 0 Å². The lowest BCUT2D eigenvalue weighted by molar-refractivity contribution is -0.126. The fourth-order valence-electron chi connectivity index (χ4n) is 3.12. The van der Waals surface area contributed by atoms with Gasteiger partial charge in [-0.2, -0.15) is 0 Å². The molecule has 1 amide bonds. The molecule has 136 valence electrons. The lowest BCUT2D eigenvalue weighted by atomic mass is 10.0. The zero-order valence-corrected chi connectivity index (χ0v) is 14.9. The largest absolute Gasteiger partial charge is 0.348 e. The molecule has 1 heterocycles. The number of halogens is 2. The molecule has 4 nitrogen and oxygen atoms in total. The van der Waals surface area contributed by atoms with Crippen LogP contribution in [0.25, 0.3) is 11.0 Å². The number of nitrogens with one attached hydrogen (secondary N) is 1. The van der Waals surface area contributed by atoms with Crippen LogP contribution in [-0.2, 0) is 4.79 Å². The summed E-state index contributed by atoms with van der Waals surface area (Å²) >= 11 is 0. The van der Waals surface area contributed by atoms with E-state index in [9.17, 15) is 13.6 Å². The van der Waals surface area contributed by atoms with Crippen molar-refractivity contribution in [1.29, 1.82) is 0 Å². The molecule has 1 N–H and O–H groups in total. The van der Waals surface area contributed by atoms with E-state index in [-0.39, 0.29) is 17.9 Å². The highest BCUT2D eigenvalue weighted by Gasteiger charge is 2.27. The van der Waals surface area contributed by atoms with Gasteiger partial charge in [-0.05, 0) is 18.4 Å². The standard InChI is InChI=1S/C20H21F2N3O/c1-12(2)19(20(26)24-13(3)14-7-5-4-6-8-14)25-11-23-17-9-15(21)16(22)10-18(17)25/h4-13,19H,1-3H3,(H,24,26)/t13-,19-/m0/s1. The number of carbonyl (C=O) groups is 1. The van der Waals surface area contributed by atoms with E-state index in [1.165, 1.54) is 6.33 Å². The topological polar surface area (TPSA) is 46.9 Å². The van der Waals surface area contributed by atoms with Gasteiger partial charge in [0.2, 0.25) is 5.91 Å². The highest BCUT2D eigenvalue weighted by atomic mass is 19.2. The fraction of sp³-hybridized carbons (Fsp3) is 0.300. The van der Waals surface area contributed by atoms with Gasteiger partial charge in [0.1, 0.15) is 6.04 Å². The summed E-state index contributed by atoms with van der Waals surface area (Å²) in [6.07, 6.45) is 1.46. The Morgan fingerprint density at radius 1 is 1.08 bits per heavy atom. The average molecular weight is 357 g/mol. The van der Waals surface area contributed by atoms with Crippen molar-refractivity contribution in [3.8, 4) is 0 Å². The maximum absolute atomic E-state index is 13.7. The minimum atomic E-state index is -0.959. The van der Waals surface area contributed by atoms with Crippen molar-refractivity contribution in [2.24, 2.45) is 5.92 Å². The Bertz CT molecular complexity index is 921. The second kappa shape index (κ2) is 7.23. The SMILES string of the molecule is CC(C)[C@@H](C(=O)N[C@@H](C)c1ccccc1)n1cnc2cc(F)c(F)cc21. The van der Waals surface area contributed by atoms with Gasteiger partial charge in [-0.25, -0.2) is 13.8 Å². The zero-order chi connectivity index (χ0) is 18.8. The number of nitrogens with zero attached hydrogens (tertiary/aromatic N) is 2. The van der Waals surface area contributed by atoms with Gasteiger partial charge in [-0.1, -0.05) is 44.2 Å². The molecule has 6 heteroatoms. The average Bonchev–Trinajstić information content (AvgIpc) is 2.98.